The van der Waals surface area contributed by atoms with E-state index in [-0.39, 0.29) is 17.4 Å². The Morgan fingerprint density at radius 3 is 2.28 bits per heavy atom. The monoisotopic (exact) mass is 412 g/mol. The quantitative estimate of drug-likeness (QED) is 0.516. The Hall–Kier alpha value is -2.79. The summed E-state index contributed by atoms with van der Waals surface area (Å²) in [5.74, 6) is -0.134. The number of amides is 2. The molecule has 0 aromatic heterocycles. The van der Waals surface area contributed by atoms with Crippen LogP contribution in [-0.4, -0.2) is 28.9 Å². The number of hydrogen-bond acceptors (Lipinski definition) is 4. The molecule has 3 rings (SSSR count). The standard InChI is InChI=1S/C23H25ClN2O3/c1-15(29-23(2,3)4)25-13-12-20(16-8-7-9-17(24)14-16)26-21(27)18-10-5-6-11-19(18)22(26)28/h5-11,14,20,25H,1,12-13H2,2-4H3. The highest BCUT2D eigenvalue weighted by Crippen LogP contribution is 2.34. The molecule has 0 spiro atoms. The first-order valence-electron chi connectivity index (χ1n) is 9.51. The smallest absolute Gasteiger partial charge is 0.262 e. The molecule has 1 aliphatic rings. The van der Waals surface area contributed by atoms with E-state index in [0.29, 0.717) is 35.0 Å². The molecule has 1 atom stereocenters. The Kier molecular flexibility index (Phi) is 5.99. The number of halogens is 1. The molecule has 0 radical (unpaired) electrons. The van der Waals surface area contributed by atoms with Crippen molar-refractivity contribution in [1.29, 1.82) is 0 Å². The molecular weight excluding hydrogens is 388 g/mol. The van der Waals surface area contributed by atoms with Gasteiger partial charge in [-0.3, -0.25) is 14.5 Å². The number of nitrogens with one attached hydrogen (secondary N) is 1. The third kappa shape index (κ3) is 4.80. The van der Waals surface area contributed by atoms with Gasteiger partial charge >= 0.3 is 0 Å². The second-order valence-corrected chi connectivity index (χ2v) is 8.39. The van der Waals surface area contributed by atoms with Crippen molar-refractivity contribution in [1.82, 2.24) is 10.2 Å². The largest absolute Gasteiger partial charge is 0.474 e. The summed E-state index contributed by atoms with van der Waals surface area (Å²) in [6.07, 6.45) is 0.484. The first-order valence-corrected chi connectivity index (χ1v) is 9.89. The average molecular weight is 413 g/mol. The summed E-state index contributed by atoms with van der Waals surface area (Å²) in [5.41, 5.74) is 1.30. The van der Waals surface area contributed by atoms with Crippen LogP contribution in [0.25, 0.3) is 0 Å². The molecule has 0 saturated carbocycles. The maximum Gasteiger partial charge on any atom is 0.262 e. The van der Waals surface area contributed by atoms with Crippen LogP contribution >= 0.6 is 11.6 Å². The van der Waals surface area contributed by atoms with Crippen molar-refractivity contribution in [3.05, 3.63) is 82.7 Å². The van der Waals surface area contributed by atoms with E-state index in [9.17, 15) is 9.59 Å². The molecule has 1 N–H and O–H groups in total. The van der Waals surface area contributed by atoms with Gasteiger partial charge < -0.3 is 10.1 Å². The maximum absolute atomic E-state index is 13.0. The number of benzene rings is 2. The third-order valence-electron chi connectivity index (χ3n) is 4.54. The summed E-state index contributed by atoms with van der Waals surface area (Å²) in [5, 5.41) is 3.68. The zero-order valence-corrected chi connectivity index (χ0v) is 17.6. The van der Waals surface area contributed by atoms with Gasteiger partial charge in [-0.15, -0.1) is 0 Å². The summed E-state index contributed by atoms with van der Waals surface area (Å²) in [7, 11) is 0. The van der Waals surface area contributed by atoms with Gasteiger partial charge in [-0.25, -0.2) is 0 Å². The number of hydrogen-bond donors (Lipinski definition) is 1. The first kappa shape index (κ1) is 20.9. The topological polar surface area (TPSA) is 58.6 Å². The Morgan fingerprint density at radius 2 is 1.72 bits per heavy atom. The molecule has 2 aromatic carbocycles. The average Bonchev–Trinajstić information content (AvgIpc) is 2.89. The summed E-state index contributed by atoms with van der Waals surface area (Å²) in [4.78, 5) is 27.3. The highest BCUT2D eigenvalue weighted by atomic mass is 35.5. The Bertz CT molecular complexity index is 914. The minimum Gasteiger partial charge on any atom is -0.474 e. The molecule has 0 aliphatic carbocycles. The normalized spacial score (nSPS) is 14.6. The van der Waals surface area contributed by atoms with E-state index in [2.05, 4.69) is 11.9 Å². The van der Waals surface area contributed by atoms with E-state index < -0.39 is 6.04 Å². The summed E-state index contributed by atoms with van der Waals surface area (Å²) in [6.45, 7) is 10.2. The van der Waals surface area contributed by atoms with E-state index in [1.165, 1.54) is 4.90 Å². The summed E-state index contributed by atoms with van der Waals surface area (Å²) < 4.78 is 5.69. The van der Waals surface area contributed by atoms with Crippen molar-refractivity contribution < 1.29 is 14.3 Å². The number of rotatable bonds is 7. The van der Waals surface area contributed by atoms with E-state index in [4.69, 9.17) is 16.3 Å². The molecule has 0 bridgehead atoms. The van der Waals surface area contributed by atoms with Crippen LogP contribution in [0.3, 0.4) is 0 Å². The molecule has 0 saturated heterocycles. The molecule has 6 heteroatoms. The van der Waals surface area contributed by atoms with Gasteiger partial charge in [-0.1, -0.05) is 35.9 Å². The van der Waals surface area contributed by atoms with Crippen LogP contribution in [0.5, 0.6) is 0 Å². The SMILES string of the molecule is C=C(NCCC(c1cccc(Cl)c1)N1C(=O)c2ccccc2C1=O)OC(C)(C)C. The fourth-order valence-corrected chi connectivity index (χ4v) is 3.60. The van der Waals surface area contributed by atoms with Crippen molar-refractivity contribution in [2.75, 3.05) is 6.54 Å². The Balaban J connectivity index is 1.83. The van der Waals surface area contributed by atoms with Gasteiger partial charge in [0.15, 0.2) is 5.88 Å². The van der Waals surface area contributed by atoms with Gasteiger partial charge in [0.05, 0.1) is 17.2 Å². The van der Waals surface area contributed by atoms with Gasteiger partial charge in [0, 0.05) is 11.6 Å². The third-order valence-corrected chi connectivity index (χ3v) is 4.78. The van der Waals surface area contributed by atoms with E-state index in [1.807, 2.05) is 32.9 Å². The van der Waals surface area contributed by atoms with Gasteiger partial charge in [-0.05, 0) is 63.6 Å². The predicted molar refractivity (Wildman–Crippen MR) is 114 cm³/mol. The fraction of sp³-hybridized carbons (Fsp3) is 0.304. The number of ether oxygens (including phenoxy) is 1. The van der Waals surface area contributed by atoms with Crippen LogP contribution in [-0.2, 0) is 4.74 Å². The minimum atomic E-state index is -0.462. The minimum absolute atomic E-state index is 0.291. The molecule has 152 valence electrons. The van der Waals surface area contributed by atoms with E-state index in [0.717, 1.165) is 5.56 Å². The van der Waals surface area contributed by atoms with Crippen LogP contribution in [0.1, 0.15) is 59.5 Å². The lowest BCUT2D eigenvalue weighted by molar-refractivity contribution is 0.0407. The molecule has 2 amide bonds. The van der Waals surface area contributed by atoms with Crippen molar-refractivity contribution >= 4 is 23.4 Å². The molecule has 1 unspecified atom stereocenters. The second-order valence-electron chi connectivity index (χ2n) is 7.95. The molecular formula is C23H25ClN2O3. The summed E-state index contributed by atoms with van der Waals surface area (Å²) >= 11 is 6.18. The molecule has 5 nitrogen and oxygen atoms in total. The van der Waals surface area contributed by atoms with Crippen molar-refractivity contribution in [3.63, 3.8) is 0 Å². The van der Waals surface area contributed by atoms with Crippen LogP contribution in [0.4, 0.5) is 0 Å². The zero-order chi connectivity index (χ0) is 21.2. The second kappa shape index (κ2) is 8.29. The molecule has 0 fully saturated rings. The van der Waals surface area contributed by atoms with E-state index in [1.54, 1.807) is 36.4 Å². The number of carbonyl (C=O) groups is 2. The van der Waals surface area contributed by atoms with Gasteiger partial charge in [-0.2, -0.15) is 0 Å². The number of imide groups is 1. The molecule has 1 heterocycles. The lowest BCUT2D eigenvalue weighted by Gasteiger charge is -2.28. The number of nitrogens with zero attached hydrogens (tertiary/aromatic N) is 1. The number of carbonyl (C=O) groups excluding carboxylic acids is 2. The molecule has 2 aromatic rings. The fourth-order valence-electron chi connectivity index (χ4n) is 3.40. The predicted octanol–water partition coefficient (Wildman–Crippen LogP) is 4.94. The van der Waals surface area contributed by atoms with Gasteiger partial charge in [0.1, 0.15) is 5.60 Å². The lowest BCUT2D eigenvalue weighted by Crippen LogP contribution is -2.36. The Morgan fingerprint density at radius 1 is 1.10 bits per heavy atom. The molecule has 29 heavy (non-hydrogen) atoms. The van der Waals surface area contributed by atoms with Crippen molar-refractivity contribution in [2.45, 2.75) is 38.8 Å². The van der Waals surface area contributed by atoms with Gasteiger partial charge in [0.2, 0.25) is 0 Å². The van der Waals surface area contributed by atoms with Crippen LogP contribution in [0.15, 0.2) is 61.0 Å². The Labute approximate surface area is 176 Å². The maximum atomic E-state index is 13.0. The van der Waals surface area contributed by atoms with Crippen molar-refractivity contribution in [2.24, 2.45) is 0 Å². The van der Waals surface area contributed by atoms with Crippen LogP contribution in [0.2, 0.25) is 5.02 Å². The van der Waals surface area contributed by atoms with Gasteiger partial charge in [0.25, 0.3) is 11.8 Å². The van der Waals surface area contributed by atoms with Crippen LogP contribution in [0, 0.1) is 0 Å². The highest BCUT2D eigenvalue weighted by molar-refractivity contribution is 6.30. The summed E-state index contributed by atoms with van der Waals surface area (Å²) in [6, 6.07) is 13.7. The zero-order valence-electron chi connectivity index (χ0n) is 16.9. The van der Waals surface area contributed by atoms with E-state index >= 15 is 0 Å². The lowest BCUT2D eigenvalue weighted by atomic mass is 10.0. The molecule has 1 aliphatic heterocycles. The van der Waals surface area contributed by atoms with Crippen LogP contribution < -0.4 is 5.32 Å². The highest BCUT2D eigenvalue weighted by Gasteiger charge is 2.40. The first-order chi connectivity index (χ1) is 13.7. The number of fused-ring (bicyclic) bond motifs is 1. The van der Waals surface area contributed by atoms with Crippen molar-refractivity contribution in [3.8, 4) is 0 Å².